The number of nitrogens with two attached hydrogens (primary N) is 1. The van der Waals surface area contributed by atoms with Crippen molar-refractivity contribution in [3.05, 3.63) is 77.7 Å². The van der Waals surface area contributed by atoms with E-state index in [0.29, 0.717) is 29.5 Å². The molecule has 1 atom stereocenters. The van der Waals surface area contributed by atoms with Crippen LogP contribution in [0.3, 0.4) is 0 Å². The van der Waals surface area contributed by atoms with Crippen molar-refractivity contribution in [1.29, 1.82) is 0 Å². The molecule has 2 aromatic carbocycles. The number of aryl methyl sites for hydroxylation is 1. The Morgan fingerprint density at radius 2 is 1.84 bits per heavy atom. The summed E-state index contributed by atoms with van der Waals surface area (Å²) in [5.41, 5.74) is 7.75. The van der Waals surface area contributed by atoms with Crippen LogP contribution >= 0.6 is 11.8 Å². The predicted octanol–water partition coefficient (Wildman–Crippen LogP) is 3.91. The first-order valence-corrected chi connectivity index (χ1v) is 11.0. The molecule has 4 rings (SSSR count). The number of thioether (sulfide) groups is 1. The van der Waals surface area contributed by atoms with E-state index >= 15 is 0 Å². The minimum atomic E-state index is -0.487. The molecular formula is C23H23N5O2S. The number of ketones is 1. The highest BCUT2D eigenvalue weighted by atomic mass is 32.2. The number of primary amides is 1. The van der Waals surface area contributed by atoms with E-state index in [1.165, 1.54) is 11.8 Å². The molecule has 0 saturated carbocycles. The Morgan fingerprint density at radius 1 is 1.10 bits per heavy atom. The number of para-hydroxylation sites is 1. The van der Waals surface area contributed by atoms with Gasteiger partial charge < -0.3 is 15.3 Å². The quantitative estimate of drug-likeness (QED) is 0.307. The van der Waals surface area contributed by atoms with Gasteiger partial charge in [-0.25, -0.2) is 0 Å². The molecular weight excluding hydrogens is 410 g/mol. The lowest BCUT2D eigenvalue weighted by molar-refractivity contribution is -0.118. The molecule has 0 aliphatic carbocycles. The average Bonchev–Trinajstić information content (AvgIpc) is 3.39. The molecule has 0 fully saturated rings. The SMILES string of the molecule is CCn1c(CCC(N)=O)nnc1S[C@H](C(=O)c1c[nH]c2ccccc12)c1ccccc1. The fourth-order valence-electron chi connectivity index (χ4n) is 3.57. The molecule has 0 bridgehead atoms. The zero-order chi connectivity index (χ0) is 21.8. The lowest BCUT2D eigenvalue weighted by Crippen LogP contribution is -2.14. The van der Waals surface area contributed by atoms with Gasteiger partial charge in [-0.05, 0) is 18.6 Å². The lowest BCUT2D eigenvalue weighted by atomic mass is 10.0. The number of H-pyrrole nitrogens is 1. The number of hydrogen-bond donors (Lipinski definition) is 2. The van der Waals surface area contributed by atoms with Crippen LogP contribution in [-0.2, 0) is 17.8 Å². The van der Waals surface area contributed by atoms with E-state index in [2.05, 4.69) is 15.2 Å². The van der Waals surface area contributed by atoms with Gasteiger partial charge in [-0.2, -0.15) is 0 Å². The Labute approximate surface area is 184 Å². The summed E-state index contributed by atoms with van der Waals surface area (Å²) in [4.78, 5) is 28.1. The van der Waals surface area contributed by atoms with E-state index in [9.17, 15) is 9.59 Å². The lowest BCUT2D eigenvalue weighted by Gasteiger charge is -2.16. The molecule has 7 nitrogen and oxygen atoms in total. The topological polar surface area (TPSA) is 107 Å². The second-order valence-corrected chi connectivity index (χ2v) is 8.20. The Kier molecular flexibility index (Phi) is 6.18. The first-order chi connectivity index (χ1) is 15.1. The summed E-state index contributed by atoms with van der Waals surface area (Å²) in [6.07, 6.45) is 2.40. The van der Waals surface area contributed by atoms with Gasteiger partial charge in [0.15, 0.2) is 10.9 Å². The molecule has 31 heavy (non-hydrogen) atoms. The minimum absolute atomic E-state index is 0.00186. The third kappa shape index (κ3) is 4.39. The highest BCUT2D eigenvalue weighted by Crippen LogP contribution is 2.38. The molecule has 4 aromatic rings. The maximum absolute atomic E-state index is 13.7. The number of carbonyl (C=O) groups is 2. The van der Waals surface area contributed by atoms with Gasteiger partial charge in [-0.1, -0.05) is 60.3 Å². The van der Waals surface area contributed by atoms with Crippen molar-refractivity contribution in [1.82, 2.24) is 19.7 Å². The third-order valence-corrected chi connectivity index (χ3v) is 6.36. The number of Topliss-reactive ketones (excluding diaryl/α,β-unsaturated/α-hetero) is 1. The van der Waals surface area contributed by atoms with E-state index in [4.69, 9.17) is 5.73 Å². The number of hydrogen-bond acceptors (Lipinski definition) is 5. The van der Waals surface area contributed by atoms with Crippen molar-refractivity contribution in [2.75, 3.05) is 0 Å². The average molecular weight is 434 g/mol. The number of fused-ring (bicyclic) bond motifs is 1. The molecule has 2 heterocycles. The standard InChI is InChI=1S/C23H23N5O2S/c1-2-28-20(13-12-19(24)29)26-27-23(28)31-22(15-8-4-3-5-9-15)21(30)17-14-25-18-11-7-6-10-16(17)18/h3-11,14,22,25H,2,12-13H2,1H3,(H2,24,29)/t22-/m0/s1. The maximum atomic E-state index is 13.7. The molecule has 2 aromatic heterocycles. The van der Waals surface area contributed by atoms with Gasteiger partial charge >= 0.3 is 0 Å². The first-order valence-electron chi connectivity index (χ1n) is 10.1. The molecule has 0 unspecified atom stereocenters. The van der Waals surface area contributed by atoms with Crippen molar-refractivity contribution in [3.63, 3.8) is 0 Å². The van der Waals surface area contributed by atoms with Crippen LogP contribution < -0.4 is 5.73 Å². The predicted molar refractivity (Wildman–Crippen MR) is 121 cm³/mol. The highest BCUT2D eigenvalue weighted by Gasteiger charge is 2.28. The van der Waals surface area contributed by atoms with Crippen molar-refractivity contribution in [2.45, 2.75) is 36.7 Å². The second-order valence-electron chi connectivity index (χ2n) is 7.13. The summed E-state index contributed by atoms with van der Waals surface area (Å²) < 4.78 is 1.94. The normalized spacial score (nSPS) is 12.2. The summed E-state index contributed by atoms with van der Waals surface area (Å²) in [5.74, 6) is 0.310. The van der Waals surface area contributed by atoms with E-state index in [0.717, 1.165) is 16.5 Å². The van der Waals surface area contributed by atoms with Gasteiger partial charge in [0, 0.05) is 42.0 Å². The van der Waals surface area contributed by atoms with Gasteiger partial charge in [-0.3, -0.25) is 9.59 Å². The number of benzene rings is 2. The van der Waals surface area contributed by atoms with Crippen LogP contribution in [0.5, 0.6) is 0 Å². The highest BCUT2D eigenvalue weighted by molar-refractivity contribution is 8.00. The third-order valence-electron chi connectivity index (χ3n) is 5.12. The molecule has 0 spiro atoms. The fraction of sp³-hybridized carbons (Fsp3) is 0.217. The largest absolute Gasteiger partial charge is 0.370 e. The summed E-state index contributed by atoms with van der Waals surface area (Å²) in [5, 5.41) is 9.62. The molecule has 0 aliphatic rings. The number of nitrogens with zero attached hydrogens (tertiary/aromatic N) is 3. The van der Waals surface area contributed by atoms with Crippen molar-refractivity contribution < 1.29 is 9.59 Å². The fourth-order valence-corrected chi connectivity index (χ4v) is 4.75. The van der Waals surface area contributed by atoms with Crippen molar-refractivity contribution >= 4 is 34.4 Å². The number of amides is 1. The summed E-state index contributed by atoms with van der Waals surface area (Å²) >= 11 is 1.37. The molecule has 1 amide bonds. The van der Waals surface area contributed by atoms with Gasteiger partial charge in [0.25, 0.3) is 0 Å². The van der Waals surface area contributed by atoms with Crippen LogP contribution in [0.15, 0.2) is 66.0 Å². The van der Waals surface area contributed by atoms with Gasteiger partial charge in [-0.15, -0.1) is 10.2 Å². The number of carbonyl (C=O) groups excluding carboxylic acids is 2. The Balaban J connectivity index is 1.70. The number of aromatic amines is 1. The van der Waals surface area contributed by atoms with Crippen LogP contribution in [-0.4, -0.2) is 31.4 Å². The molecule has 3 N–H and O–H groups in total. The number of aromatic nitrogens is 4. The van der Waals surface area contributed by atoms with Gasteiger partial charge in [0.05, 0.1) is 0 Å². The van der Waals surface area contributed by atoms with Gasteiger partial charge in [0.2, 0.25) is 5.91 Å². The second kappa shape index (κ2) is 9.18. The van der Waals surface area contributed by atoms with Crippen LogP contribution in [0.25, 0.3) is 10.9 Å². The molecule has 8 heteroatoms. The first kappa shape index (κ1) is 20.9. The van der Waals surface area contributed by atoms with Crippen molar-refractivity contribution in [2.24, 2.45) is 5.73 Å². The monoisotopic (exact) mass is 433 g/mol. The van der Waals surface area contributed by atoms with Crippen LogP contribution in [0.2, 0.25) is 0 Å². The summed E-state index contributed by atoms with van der Waals surface area (Å²) in [6, 6.07) is 17.4. The van der Waals surface area contributed by atoms with Crippen LogP contribution in [0, 0.1) is 0 Å². The molecule has 0 aliphatic heterocycles. The minimum Gasteiger partial charge on any atom is -0.370 e. The van der Waals surface area contributed by atoms with E-state index < -0.39 is 5.25 Å². The zero-order valence-electron chi connectivity index (χ0n) is 17.1. The molecule has 158 valence electrons. The smallest absolute Gasteiger partial charge is 0.217 e. The van der Waals surface area contributed by atoms with E-state index in [1.807, 2.05) is 66.1 Å². The van der Waals surface area contributed by atoms with E-state index in [1.54, 1.807) is 6.20 Å². The molecule has 0 saturated heterocycles. The van der Waals surface area contributed by atoms with Crippen LogP contribution in [0.4, 0.5) is 0 Å². The Morgan fingerprint density at radius 3 is 2.58 bits per heavy atom. The summed E-state index contributed by atoms with van der Waals surface area (Å²) in [6.45, 7) is 2.62. The molecule has 0 radical (unpaired) electrons. The van der Waals surface area contributed by atoms with E-state index in [-0.39, 0.29) is 18.1 Å². The number of rotatable bonds is 9. The maximum Gasteiger partial charge on any atom is 0.217 e. The van der Waals surface area contributed by atoms with Crippen molar-refractivity contribution in [3.8, 4) is 0 Å². The van der Waals surface area contributed by atoms with Crippen LogP contribution in [0.1, 0.15) is 40.3 Å². The Hall–Kier alpha value is -3.39. The zero-order valence-corrected chi connectivity index (χ0v) is 17.9. The summed E-state index contributed by atoms with van der Waals surface area (Å²) in [7, 11) is 0. The number of nitrogens with one attached hydrogen (secondary N) is 1. The Bertz CT molecular complexity index is 1220. The van der Waals surface area contributed by atoms with Gasteiger partial charge in [0.1, 0.15) is 11.1 Å².